The Morgan fingerprint density at radius 3 is 2.80 bits per heavy atom. The second-order valence-electron chi connectivity index (χ2n) is 2.75. The van der Waals surface area contributed by atoms with Crippen LogP contribution < -0.4 is 5.73 Å². The van der Waals surface area contributed by atoms with Crippen LogP contribution in [0.15, 0.2) is 28.7 Å². The van der Waals surface area contributed by atoms with E-state index in [1.54, 1.807) is 6.07 Å². The monoisotopic (exact) mass is 206 g/mol. The Bertz CT molecular complexity index is 508. The predicted octanol–water partition coefficient (Wildman–Crippen LogP) is 1.23. The largest absolute Gasteiger partial charge is 0.404 e. The van der Waals surface area contributed by atoms with Gasteiger partial charge in [-0.1, -0.05) is 11.2 Å². The van der Waals surface area contributed by atoms with E-state index in [4.69, 9.17) is 10.2 Å². The second kappa shape index (κ2) is 3.37. The molecule has 0 bridgehead atoms. The minimum atomic E-state index is -0.497. The maximum Gasteiger partial charge on any atom is 0.313 e. The van der Waals surface area contributed by atoms with Crippen molar-refractivity contribution >= 4 is 11.7 Å². The van der Waals surface area contributed by atoms with Crippen molar-refractivity contribution in [2.75, 3.05) is 5.73 Å². The summed E-state index contributed by atoms with van der Waals surface area (Å²) >= 11 is 0. The Labute approximate surface area is 83.7 Å². The van der Waals surface area contributed by atoms with E-state index in [1.807, 2.05) is 0 Å². The maximum atomic E-state index is 10.5. The lowest BCUT2D eigenvalue weighted by Gasteiger charge is -1.94. The third-order valence-electron chi connectivity index (χ3n) is 1.74. The molecule has 15 heavy (non-hydrogen) atoms. The summed E-state index contributed by atoms with van der Waals surface area (Å²) in [5.74, 6) is 0.163. The number of anilines is 1. The molecular formula is C8H6N4O3. The molecular weight excluding hydrogens is 200 g/mol. The summed E-state index contributed by atoms with van der Waals surface area (Å²) in [6.07, 6.45) is 0. The molecule has 1 aromatic heterocycles. The van der Waals surface area contributed by atoms with Crippen LogP contribution in [0.5, 0.6) is 0 Å². The van der Waals surface area contributed by atoms with Gasteiger partial charge in [0.1, 0.15) is 0 Å². The zero-order valence-electron chi connectivity index (χ0n) is 7.45. The number of aromatic nitrogens is 2. The zero-order chi connectivity index (χ0) is 10.8. The van der Waals surface area contributed by atoms with Crippen LogP contribution in [-0.2, 0) is 0 Å². The number of rotatable bonds is 2. The van der Waals surface area contributed by atoms with Crippen LogP contribution in [0.1, 0.15) is 0 Å². The van der Waals surface area contributed by atoms with Crippen LogP contribution >= 0.6 is 0 Å². The first-order chi connectivity index (χ1) is 7.16. The Morgan fingerprint density at radius 2 is 2.20 bits per heavy atom. The molecule has 0 aliphatic rings. The highest BCUT2D eigenvalue weighted by Gasteiger charge is 2.11. The Kier molecular flexibility index (Phi) is 2.05. The summed E-state index contributed by atoms with van der Waals surface area (Å²) in [5, 5.41) is 17.6. The molecule has 0 unspecified atom stereocenters. The molecule has 7 heteroatoms. The summed E-state index contributed by atoms with van der Waals surface area (Å²) < 4.78 is 4.94. The third kappa shape index (κ3) is 1.75. The van der Waals surface area contributed by atoms with Gasteiger partial charge in [-0.3, -0.25) is 10.1 Å². The van der Waals surface area contributed by atoms with Crippen molar-refractivity contribution in [2.24, 2.45) is 0 Å². The number of nitro benzene ring substituents is 1. The molecule has 2 N–H and O–H groups in total. The molecule has 0 spiro atoms. The summed E-state index contributed by atoms with van der Waals surface area (Å²) in [7, 11) is 0. The minimum Gasteiger partial charge on any atom is -0.404 e. The number of benzene rings is 1. The van der Waals surface area contributed by atoms with Crippen LogP contribution in [0.4, 0.5) is 11.7 Å². The quantitative estimate of drug-likeness (QED) is 0.584. The number of hydrogen-bond acceptors (Lipinski definition) is 6. The average Bonchev–Trinajstić information content (AvgIpc) is 2.65. The van der Waals surface area contributed by atoms with Crippen LogP contribution in [0.25, 0.3) is 11.5 Å². The van der Waals surface area contributed by atoms with Crippen molar-refractivity contribution in [2.45, 2.75) is 0 Å². The molecule has 2 aromatic rings. The van der Waals surface area contributed by atoms with Gasteiger partial charge in [0.2, 0.25) is 5.89 Å². The maximum absolute atomic E-state index is 10.5. The minimum absolute atomic E-state index is 0.0377. The number of nitrogen functional groups attached to an aromatic ring is 1. The lowest BCUT2D eigenvalue weighted by atomic mass is 10.2. The van der Waals surface area contributed by atoms with Gasteiger partial charge in [0, 0.05) is 17.7 Å². The topological polar surface area (TPSA) is 108 Å². The highest BCUT2D eigenvalue weighted by molar-refractivity contribution is 5.57. The van der Waals surface area contributed by atoms with E-state index < -0.39 is 4.92 Å². The fourth-order valence-corrected chi connectivity index (χ4v) is 1.10. The molecule has 0 radical (unpaired) electrons. The molecule has 0 aliphatic carbocycles. The zero-order valence-corrected chi connectivity index (χ0v) is 7.45. The van der Waals surface area contributed by atoms with Gasteiger partial charge >= 0.3 is 6.01 Å². The fraction of sp³-hybridized carbons (Fsp3) is 0. The first kappa shape index (κ1) is 9.13. The molecule has 0 aliphatic heterocycles. The van der Waals surface area contributed by atoms with Gasteiger partial charge in [0.15, 0.2) is 0 Å². The van der Waals surface area contributed by atoms with Crippen LogP contribution in [-0.4, -0.2) is 15.1 Å². The van der Waals surface area contributed by atoms with Crippen molar-refractivity contribution in [3.63, 3.8) is 0 Å². The number of nitro groups is 1. The van der Waals surface area contributed by atoms with Gasteiger partial charge in [0.25, 0.3) is 5.69 Å². The van der Waals surface area contributed by atoms with Crippen LogP contribution in [0.2, 0.25) is 0 Å². The highest BCUT2D eigenvalue weighted by Crippen LogP contribution is 2.22. The fourth-order valence-electron chi connectivity index (χ4n) is 1.10. The number of non-ortho nitro benzene ring substituents is 1. The van der Waals surface area contributed by atoms with E-state index in [-0.39, 0.29) is 17.6 Å². The van der Waals surface area contributed by atoms with E-state index in [0.29, 0.717) is 5.56 Å². The molecule has 0 atom stereocenters. The number of nitrogens with zero attached hydrogens (tertiary/aromatic N) is 3. The van der Waals surface area contributed by atoms with E-state index >= 15 is 0 Å². The number of hydrogen-bond donors (Lipinski definition) is 1. The predicted molar refractivity (Wildman–Crippen MR) is 50.8 cm³/mol. The molecule has 2 rings (SSSR count). The summed E-state index contributed by atoms with van der Waals surface area (Å²) in [5.41, 5.74) is 5.67. The van der Waals surface area contributed by atoms with E-state index in [2.05, 4.69) is 10.2 Å². The third-order valence-corrected chi connectivity index (χ3v) is 1.74. The molecule has 0 saturated heterocycles. The Balaban J connectivity index is 2.45. The second-order valence-corrected chi connectivity index (χ2v) is 2.75. The van der Waals surface area contributed by atoms with E-state index in [0.717, 1.165) is 0 Å². The van der Waals surface area contributed by atoms with Gasteiger partial charge in [-0.05, 0) is 6.07 Å². The van der Waals surface area contributed by atoms with Crippen LogP contribution in [0, 0.1) is 10.1 Å². The Hall–Kier alpha value is -2.44. The van der Waals surface area contributed by atoms with Gasteiger partial charge in [-0.2, -0.15) is 0 Å². The SMILES string of the molecule is Nc1nnc(-c2cccc([N+](=O)[O-])c2)o1. The van der Waals surface area contributed by atoms with Crippen molar-refractivity contribution in [1.82, 2.24) is 10.2 Å². The van der Waals surface area contributed by atoms with E-state index in [1.165, 1.54) is 18.2 Å². The van der Waals surface area contributed by atoms with Gasteiger partial charge in [0.05, 0.1) is 4.92 Å². The molecule has 1 aromatic carbocycles. The van der Waals surface area contributed by atoms with Crippen LogP contribution in [0.3, 0.4) is 0 Å². The molecule has 76 valence electrons. The van der Waals surface area contributed by atoms with Crippen molar-refractivity contribution in [1.29, 1.82) is 0 Å². The average molecular weight is 206 g/mol. The Morgan fingerprint density at radius 1 is 1.40 bits per heavy atom. The first-order valence-electron chi connectivity index (χ1n) is 4.00. The van der Waals surface area contributed by atoms with Gasteiger partial charge in [-0.15, -0.1) is 5.10 Å². The molecule has 1 heterocycles. The smallest absolute Gasteiger partial charge is 0.313 e. The number of nitrogens with two attached hydrogens (primary N) is 1. The highest BCUT2D eigenvalue weighted by atomic mass is 16.6. The van der Waals surface area contributed by atoms with Gasteiger partial charge in [-0.25, -0.2) is 0 Å². The standard InChI is InChI=1S/C8H6N4O3/c9-8-11-10-7(15-8)5-2-1-3-6(4-5)12(13)14/h1-4H,(H2,9,11). The molecule has 0 saturated carbocycles. The summed E-state index contributed by atoms with van der Waals surface area (Å²) in [6, 6.07) is 5.81. The normalized spacial score (nSPS) is 10.1. The first-order valence-corrected chi connectivity index (χ1v) is 4.00. The summed E-state index contributed by atoms with van der Waals surface area (Å²) in [6.45, 7) is 0. The lowest BCUT2D eigenvalue weighted by Crippen LogP contribution is -1.88. The van der Waals surface area contributed by atoms with Crippen molar-refractivity contribution in [3.05, 3.63) is 34.4 Å². The molecule has 0 fully saturated rings. The van der Waals surface area contributed by atoms with Gasteiger partial charge < -0.3 is 10.2 Å². The van der Waals surface area contributed by atoms with E-state index in [9.17, 15) is 10.1 Å². The van der Waals surface area contributed by atoms with Crippen molar-refractivity contribution < 1.29 is 9.34 Å². The molecule has 7 nitrogen and oxygen atoms in total. The molecule has 0 amide bonds. The van der Waals surface area contributed by atoms with Crippen molar-refractivity contribution in [3.8, 4) is 11.5 Å². The lowest BCUT2D eigenvalue weighted by molar-refractivity contribution is -0.384. The summed E-state index contributed by atoms with van der Waals surface area (Å²) in [4.78, 5) is 10.0.